The monoisotopic (exact) mass is 384 g/mol. The van der Waals surface area contributed by atoms with E-state index < -0.39 is 0 Å². The molecule has 0 bridgehead atoms. The highest BCUT2D eigenvalue weighted by atomic mass is 16.5. The number of nitrogens with one attached hydrogen (secondary N) is 1. The Bertz CT molecular complexity index is 757. The van der Waals surface area contributed by atoms with Crippen LogP contribution in [-0.4, -0.2) is 57.9 Å². The molecule has 1 fully saturated rings. The van der Waals surface area contributed by atoms with Gasteiger partial charge in [0.15, 0.2) is 0 Å². The molecular weight excluding hydrogens is 356 g/mol. The Morgan fingerprint density at radius 1 is 1.07 bits per heavy atom. The minimum atomic E-state index is -0.00155. The van der Waals surface area contributed by atoms with Gasteiger partial charge in [0.05, 0.1) is 39.9 Å². The maximum atomic E-state index is 12.5. The SMILES string of the molecule is COc1ccc(CC(=O)NCC(c2ccccc2OC)N2CCOCC2)cc1. The first-order chi connectivity index (χ1) is 13.7. The van der Waals surface area contributed by atoms with Gasteiger partial charge in [-0.1, -0.05) is 30.3 Å². The van der Waals surface area contributed by atoms with Crippen molar-refractivity contribution < 1.29 is 19.0 Å². The molecule has 2 aromatic carbocycles. The van der Waals surface area contributed by atoms with Gasteiger partial charge in [0, 0.05) is 25.2 Å². The van der Waals surface area contributed by atoms with Gasteiger partial charge in [-0.05, 0) is 23.8 Å². The lowest BCUT2D eigenvalue weighted by atomic mass is 10.0. The summed E-state index contributed by atoms with van der Waals surface area (Å²) in [6.45, 7) is 3.58. The van der Waals surface area contributed by atoms with Crippen LogP contribution in [-0.2, 0) is 16.0 Å². The minimum Gasteiger partial charge on any atom is -0.497 e. The Hall–Kier alpha value is -2.57. The van der Waals surface area contributed by atoms with Crippen LogP contribution in [0, 0.1) is 0 Å². The van der Waals surface area contributed by atoms with Crippen molar-refractivity contribution in [3.63, 3.8) is 0 Å². The number of rotatable bonds is 8. The van der Waals surface area contributed by atoms with E-state index in [9.17, 15) is 4.79 Å². The van der Waals surface area contributed by atoms with Crippen LogP contribution in [0.5, 0.6) is 11.5 Å². The average molecular weight is 384 g/mol. The summed E-state index contributed by atoms with van der Waals surface area (Å²) in [4.78, 5) is 14.9. The van der Waals surface area contributed by atoms with Crippen molar-refractivity contribution in [1.29, 1.82) is 0 Å². The van der Waals surface area contributed by atoms with E-state index in [1.807, 2.05) is 42.5 Å². The Morgan fingerprint density at radius 3 is 2.46 bits per heavy atom. The van der Waals surface area contributed by atoms with Crippen molar-refractivity contribution in [3.8, 4) is 11.5 Å². The average Bonchev–Trinajstić information content (AvgIpc) is 2.75. The molecule has 6 heteroatoms. The lowest BCUT2D eigenvalue weighted by Crippen LogP contribution is -2.44. The summed E-state index contributed by atoms with van der Waals surface area (Å²) in [5.41, 5.74) is 2.04. The van der Waals surface area contributed by atoms with Gasteiger partial charge in [-0.25, -0.2) is 0 Å². The fourth-order valence-electron chi connectivity index (χ4n) is 3.47. The van der Waals surface area contributed by atoms with E-state index in [0.717, 1.165) is 35.7 Å². The van der Waals surface area contributed by atoms with Crippen LogP contribution in [0.3, 0.4) is 0 Å². The molecule has 1 atom stereocenters. The highest BCUT2D eigenvalue weighted by Gasteiger charge is 2.25. The molecule has 1 heterocycles. The summed E-state index contributed by atoms with van der Waals surface area (Å²) in [7, 11) is 3.31. The maximum absolute atomic E-state index is 12.5. The molecule has 6 nitrogen and oxygen atoms in total. The van der Waals surface area contributed by atoms with E-state index >= 15 is 0 Å². The number of carbonyl (C=O) groups excluding carboxylic acids is 1. The number of methoxy groups -OCH3 is 2. The van der Waals surface area contributed by atoms with E-state index in [2.05, 4.69) is 16.3 Å². The fraction of sp³-hybridized carbons (Fsp3) is 0.409. The number of hydrogen-bond acceptors (Lipinski definition) is 5. The second-order valence-corrected chi connectivity index (χ2v) is 6.74. The number of carbonyl (C=O) groups is 1. The van der Waals surface area contributed by atoms with Crippen molar-refractivity contribution in [2.24, 2.45) is 0 Å². The van der Waals surface area contributed by atoms with E-state index in [1.165, 1.54) is 0 Å². The Balaban J connectivity index is 1.67. The summed E-state index contributed by atoms with van der Waals surface area (Å²) < 4.78 is 16.2. The van der Waals surface area contributed by atoms with Crippen molar-refractivity contribution in [2.45, 2.75) is 12.5 Å². The molecule has 0 aromatic heterocycles. The zero-order valence-electron chi connectivity index (χ0n) is 16.5. The second-order valence-electron chi connectivity index (χ2n) is 6.74. The van der Waals surface area contributed by atoms with Gasteiger partial charge in [-0.2, -0.15) is 0 Å². The molecule has 0 aliphatic carbocycles. The molecule has 0 spiro atoms. The fourth-order valence-corrected chi connectivity index (χ4v) is 3.47. The zero-order valence-corrected chi connectivity index (χ0v) is 16.5. The number of benzene rings is 2. The molecule has 3 rings (SSSR count). The van der Waals surface area contributed by atoms with E-state index in [4.69, 9.17) is 14.2 Å². The van der Waals surface area contributed by atoms with Crippen LogP contribution in [0.15, 0.2) is 48.5 Å². The number of hydrogen-bond donors (Lipinski definition) is 1. The third kappa shape index (κ3) is 5.24. The van der Waals surface area contributed by atoms with Crippen molar-refractivity contribution >= 4 is 5.91 Å². The molecule has 1 unspecified atom stereocenters. The Morgan fingerprint density at radius 2 is 1.79 bits per heavy atom. The first-order valence-electron chi connectivity index (χ1n) is 9.55. The van der Waals surface area contributed by atoms with Gasteiger partial charge in [-0.15, -0.1) is 0 Å². The number of para-hydroxylation sites is 1. The largest absolute Gasteiger partial charge is 0.497 e. The van der Waals surface area contributed by atoms with Gasteiger partial charge >= 0.3 is 0 Å². The van der Waals surface area contributed by atoms with Gasteiger partial charge < -0.3 is 19.5 Å². The number of amides is 1. The normalized spacial score (nSPS) is 15.6. The Kier molecular flexibility index (Phi) is 7.28. The molecular formula is C22H28N2O4. The van der Waals surface area contributed by atoms with Crippen LogP contribution in [0.1, 0.15) is 17.2 Å². The predicted molar refractivity (Wildman–Crippen MR) is 108 cm³/mol. The zero-order chi connectivity index (χ0) is 19.8. The molecule has 0 radical (unpaired) electrons. The number of nitrogens with zero attached hydrogens (tertiary/aromatic N) is 1. The molecule has 1 amide bonds. The van der Waals surface area contributed by atoms with E-state index in [1.54, 1.807) is 14.2 Å². The summed E-state index contributed by atoms with van der Waals surface area (Å²) in [6, 6.07) is 15.6. The van der Waals surface area contributed by atoms with Crippen molar-refractivity contribution in [2.75, 3.05) is 47.1 Å². The second kappa shape index (κ2) is 10.1. The topological polar surface area (TPSA) is 60.0 Å². The van der Waals surface area contributed by atoms with Crippen LogP contribution in [0.4, 0.5) is 0 Å². The summed E-state index contributed by atoms with van der Waals surface area (Å²) in [5, 5.41) is 3.10. The third-order valence-electron chi connectivity index (χ3n) is 5.00. The van der Waals surface area contributed by atoms with Gasteiger partial charge in [-0.3, -0.25) is 9.69 Å². The van der Waals surface area contributed by atoms with E-state index in [-0.39, 0.29) is 11.9 Å². The quantitative estimate of drug-likeness (QED) is 0.758. The number of morpholine rings is 1. The van der Waals surface area contributed by atoms with Crippen LogP contribution in [0.25, 0.3) is 0 Å². The van der Waals surface area contributed by atoms with Crippen molar-refractivity contribution in [1.82, 2.24) is 10.2 Å². The summed E-state index contributed by atoms with van der Waals surface area (Å²) in [5.74, 6) is 1.62. The smallest absolute Gasteiger partial charge is 0.224 e. The van der Waals surface area contributed by atoms with Crippen LogP contribution >= 0.6 is 0 Å². The van der Waals surface area contributed by atoms with E-state index in [0.29, 0.717) is 26.2 Å². The minimum absolute atomic E-state index is 0.00155. The first-order valence-corrected chi connectivity index (χ1v) is 9.55. The Labute approximate surface area is 166 Å². The van der Waals surface area contributed by atoms with Crippen molar-refractivity contribution in [3.05, 3.63) is 59.7 Å². The maximum Gasteiger partial charge on any atom is 0.224 e. The molecule has 1 saturated heterocycles. The predicted octanol–water partition coefficient (Wildman–Crippen LogP) is 2.44. The lowest BCUT2D eigenvalue weighted by Gasteiger charge is -2.35. The lowest BCUT2D eigenvalue weighted by molar-refractivity contribution is -0.120. The summed E-state index contributed by atoms with van der Waals surface area (Å²) in [6.07, 6.45) is 0.339. The van der Waals surface area contributed by atoms with Crippen LogP contribution in [0.2, 0.25) is 0 Å². The molecule has 1 aliphatic heterocycles. The highest BCUT2D eigenvalue weighted by Crippen LogP contribution is 2.29. The molecule has 1 N–H and O–H groups in total. The molecule has 1 aliphatic rings. The molecule has 150 valence electrons. The van der Waals surface area contributed by atoms with Crippen LogP contribution < -0.4 is 14.8 Å². The third-order valence-corrected chi connectivity index (χ3v) is 5.00. The van der Waals surface area contributed by atoms with Gasteiger partial charge in [0.25, 0.3) is 0 Å². The summed E-state index contributed by atoms with van der Waals surface area (Å²) >= 11 is 0. The molecule has 0 saturated carbocycles. The first kappa shape index (κ1) is 20.2. The highest BCUT2D eigenvalue weighted by molar-refractivity contribution is 5.78. The number of ether oxygens (including phenoxy) is 3. The molecule has 28 heavy (non-hydrogen) atoms. The standard InChI is InChI=1S/C22H28N2O4/c1-26-18-9-7-17(8-10-18)15-22(25)23-16-20(24-11-13-28-14-12-24)19-5-3-4-6-21(19)27-2/h3-10,20H,11-16H2,1-2H3,(H,23,25). The van der Waals surface area contributed by atoms with Gasteiger partial charge in [0.2, 0.25) is 5.91 Å². The van der Waals surface area contributed by atoms with Gasteiger partial charge in [0.1, 0.15) is 11.5 Å². The molecule has 2 aromatic rings.